The minimum absolute atomic E-state index is 0.0802. The van der Waals surface area contributed by atoms with Crippen LogP contribution in [0.25, 0.3) is 0 Å². The zero-order valence-electron chi connectivity index (χ0n) is 10.9. The molecule has 21 heavy (non-hydrogen) atoms. The fraction of sp³-hybridized carbons (Fsp3) is 0.333. The topological polar surface area (TPSA) is 108 Å². The van der Waals surface area contributed by atoms with Crippen molar-refractivity contribution in [2.75, 3.05) is 5.32 Å². The van der Waals surface area contributed by atoms with Crippen LogP contribution in [-0.2, 0) is 4.79 Å². The lowest BCUT2D eigenvalue weighted by molar-refractivity contribution is -0.141. The third kappa shape index (κ3) is 5.61. The number of carboxylic acids is 1. The van der Waals surface area contributed by atoms with Crippen molar-refractivity contribution in [1.29, 1.82) is 0 Å². The van der Waals surface area contributed by atoms with Gasteiger partial charge >= 0.3 is 18.6 Å². The molecule has 0 unspecified atom stereocenters. The van der Waals surface area contributed by atoms with Gasteiger partial charge in [0.1, 0.15) is 5.75 Å². The van der Waals surface area contributed by atoms with Crippen LogP contribution < -0.4 is 15.4 Å². The van der Waals surface area contributed by atoms with Crippen molar-refractivity contribution in [2.24, 2.45) is 0 Å². The van der Waals surface area contributed by atoms with E-state index in [-0.39, 0.29) is 11.4 Å². The quantitative estimate of drug-likeness (QED) is 0.632. The third-order valence-corrected chi connectivity index (χ3v) is 2.37. The first-order valence-corrected chi connectivity index (χ1v) is 5.83. The smallest absolute Gasteiger partial charge is 0.387 e. The molecular formula is C12H14F2N2O5. The van der Waals surface area contributed by atoms with E-state index in [1.807, 2.05) is 0 Å². The number of halogens is 2. The molecule has 1 aromatic rings. The van der Waals surface area contributed by atoms with E-state index >= 15 is 0 Å². The number of alkyl halides is 2. The van der Waals surface area contributed by atoms with Crippen molar-refractivity contribution in [2.45, 2.75) is 25.7 Å². The summed E-state index contributed by atoms with van der Waals surface area (Å²) in [6.45, 7) is -1.73. The average Bonchev–Trinajstić information content (AvgIpc) is 2.37. The summed E-state index contributed by atoms with van der Waals surface area (Å²) in [6, 6.07) is 2.71. The Bertz CT molecular complexity index is 493. The van der Waals surface area contributed by atoms with E-state index in [1.165, 1.54) is 31.2 Å². The Morgan fingerprint density at radius 3 is 2.24 bits per heavy atom. The Kier molecular flexibility index (Phi) is 5.85. The maximum absolute atomic E-state index is 11.9. The molecule has 0 spiro atoms. The minimum Gasteiger partial charge on any atom is -0.480 e. The van der Waals surface area contributed by atoms with E-state index in [0.29, 0.717) is 0 Å². The van der Waals surface area contributed by atoms with Crippen LogP contribution in [0.15, 0.2) is 24.3 Å². The SMILES string of the molecule is C[C@@H](O)[C@H](NC(=O)Nc1ccc(OC(F)F)cc1)C(=O)O. The molecule has 0 aliphatic rings. The first-order chi connectivity index (χ1) is 9.79. The molecule has 0 fully saturated rings. The molecule has 7 nitrogen and oxygen atoms in total. The van der Waals surface area contributed by atoms with Gasteiger partial charge in [-0.1, -0.05) is 0 Å². The maximum atomic E-state index is 11.9. The van der Waals surface area contributed by atoms with Crippen LogP contribution in [0.5, 0.6) is 5.75 Å². The lowest BCUT2D eigenvalue weighted by Gasteiger charge is -2.17. The Hall–Kier alpha value is -2.42. The highest BCUT2D eigenvalue weighted by Gasteiger charge is 2.24. The van der Waals surface area contributed by atoms with Gasteiger partial charge in [0, 0.05) is 5.69 Å². The lowest BCUT2D eigenvalue weighted by atomic mass is 10.2. The van der Waals surface area contributed by atoms with Crippen LogP contribution in [0.3, 0.4) is 0 Å². The van der Waals surface area contributed by atoms with Crippen molar-refractivity contribution in [1.82, 2.24) is 5.32 Å². The first-order valence-electron chi connectivity index (χ1n) is 5.83. The summed E-state index contributed by atoms with van der Waals surface area (Å²) in [7, 11) is 0. The number of aliphatic hydroxyl groups is 1. The Balaban J connectivity index is 2.60. The number of amides is 2. The van der Waals surface area contributed by atoms with Gasteiger partial charge in [0.15, 0.2) is 6.04 Å². The fourth-order valence-electron chi connectivity index (χ4n) is 1.42. The molecule has 0 saturated heterocycles. The minimum atomic E-state index is -2.95. The molecule has 4 N–H and O–H groups in total. The van der Waals surface area contributed by atoms with E-state index < -0.39 is 30.8 Å². The van der Waals surface area contributed by atoms with Crippen LogP contribution in [0.1, 0.15) is 6.92 Å². The Labute approximate surface area is 118 Å². The standard InChI is InChI=1S/C12H14F2N2O5/c1-6(17)9(10(18)19)16-12(20)15-7-2-4-8(5-3-7)21-11(13)14/h2-6,9,11,17H,1H3,(H,18,19)(H2,15,16,20)/t6-,9+/m1/s1. The number of carboxylic acid groups (broad SMARTS) is 1. The number of carbonyl (C=O) groups excluding carboxylic acids is 1. The van der Waals surface area contributed by atoms with E-state index in [1.54, 1.807) is 0 Å². The van der Waals surface area contributed by atoms with Gasteiger partial charge < -0.3 is 25.6 Å². The lowest BCUT2D eigenvalue weighted by Crippen LogP contribution is -2.49. The first kappa shape index (κ1) is 16.6. The van der Waals surface area contributed by atoms with Gasteiger partial charge in [0.05, 0.1) is 6.10 Å². The molecule has 116 valence electrons. The number of carbonyl (C=O) groups is 2. The van der Waals surface area contributed by atoms with Gasteiger partial charge in [-0.3, -0.25) is 0 Å². The number of nitrogens with one attached hydrogen (secondary N) is 2. The zero-order chi connectivity index (χ0) is 16.0. The number of ether oxygens (including phenoxy) is 1. The summed E-state index contributed by atoms with van der Waals surface area (Å²) in [5.74, 6) is -1.47. The molecule has 0 saturated carbocycles. The fourth-order valence-corrected chi connectivity index (χ4v) is 1.42. The summed E-state index contributed by atoms with van der Waals surface area (Å²) >= 11 is 0. The maximum Gasteiger partial charge on any atom is 0.387 e. The van der Waals surface area contributed by atoms with Crippen LogP contribution in [-0.4, -0.2) is 41.0 Å². The number of aliphatic carboxylic acids is 1. The van der Waals surface area contributed by atoms with Gasteiger partial charge in [0.25, 0.3) is 0 Å². The summed E-state index contributed by atoms with van der Waals surface area (Å²) in [5.41, 5.74) is 0.240. The van der Waals surface area contributed by atoms with Gasteiger partial charge in [-0.15, -0.1) is 0 Å². The van der Waals surface area contributed by atoms with Crippen molar-refractivity contribution in [3.63, 3.8) is 0 Å². The molecule has 0 aliphatic carbocycles. The molecule has 0 aliphatic heterocycles. The molecule has 2 amide bonds. The van der Waals surface area contributed by atoms with Crippen LogP contribution in [0, 0.1) is 0 Å². The Morgan fingerprint density at radius 1 is 1.24 bits per heavy atom. The predicted molar refractivity (Wildman–Crippen MR) is 68.3 cm³/mol. The van der Waals surface area contributed by atoms with Crippen molar-refractivity contribution < 1.29 is 33.3 Å². The number of rotatable bonds is 6. The molecule has 9 heteroatoms. The van der Waals surface area contributed by atoms with E-state index in [9.17, 15) is 23.5 Å². The Morgan fingerprint density at radius 2 is 1.81 bits per heavy atom. The van der Waals surface area contributed by atoms with E-state index in [4.69, 9.17) is 5.11 Å². The second-order valence-corrected chi connectivity index (χ2v) is 4.06. The third-order valence-electron chi connectivity index (χ3n) is 2.37. The summed E-state index contributed by atoms with van der Waals surface area (Å²) in [6.07, 6.45) is -1.28. The molecule has 0 radical (unpaired) electrons. The molecule has 0 heterocycles. The summed E-state index contributed by atoms with van der Waals surface area (Å²) in [5, 5.41) is 22.4. The van der Waals surface area contributed by atoms with Crippen LogP contribution in [0.2, 0.25) is 0 Å². The van der Waals surface area contributed by atoms with Crippen molar-refractivity contribution >= 4 is 17.7 Å². The van der Waals surface area contributed by atoms with Crippen molar-refractivity contribution in [3.05, 3.63) is 24.3 Å². The van der Waals surface area contributed by atoms with Gasteiger partial charge in [-0.2, -0.15) is 8.78 Å². The normalized spacial score (nSPS) is 13.4. The second kappa shape index (κ2) is 7.39. The number of urea groups is 1. The monoisotopic (exact) mass is 304 g/mol. The highest BCUT2D eigenvalue weighted by atomic mass is 19.3. The predicted octanol–water partition coefficient (Wildman–Crippen LogP) is 1.24. The average molecular weight is 304 g/mol. The zero-order valence-corrected chi connectivity index (χ0v) is 10.9. The van der Waals surface area contributed by atoms with E-state index in [2.05, 4.69) is 15.4 Å². The van der Waals surface area contributed by atoms with Crippen LogP contribution in [0.4, 0.5) is 19.3 Å². The number of benzene rings is 1. The molecule has 0 aromatic heterocycles. The highest BCUT2D eigenvalue weighted by Crippen LogP contribution is 2.17. The molecule has 1 aromatic carbocycles. The summed E-state index contributed by atoms with van der Waals surface area (Å²) in [4.78, 5) is 22.3. The number of aliphatic hydroxyl groups excluding tert-OH is 1. The van der Waals surface area contributed by atoms with Crippen LogP contribution >= 0.6 is 0 Å². The second-order valence-electron chi connectivity index (χ2n) is 4.06. The molecule has 0 bridgehead atoms. The molecule has 1 rings (SSSR count). The molecule has 2 atom stereocenters. The summed E-state index contributed by atoms with van der Waals surface area (Å²) < 4.78 is 28.0. The van der Waals surface area contributed by atoms with Gasteiger partial charge in [0.2, 0.25) is 0 Å². The molecular weight excluding hydrogens is 290 g/mol. The highest BCUT2D eigenvalue weighted by molar-refractivity contribution is 5.92. The van der Waals surface area contributed by atoms with Gasteiger partial charge in [-0.25, -0.2) is 9.59 Å². The largest absolute Gasteiger partial charge is 0.480 e. The number of hydrogen-bond acceptors (Lipinski definition) is 4. The van der Waals surface area contributed by atoms with Gasteiger partial charge in [-0.05, 0) is 31.2 Å². The van der Waals surface area contributed by atoms with E-state index in [0.717, 1.165) is 0 Å². The van der Waals surface area contributed by atoms with Crippen molar-refractivity contribution in [3.8, 4) is 5.75 Å². The number of hydrogen-bond donors (Lipinski definition) is 4. The number of anilines is 1.